The van der Waals surface area contributed by atoms with Gasteiger partial charge in [0.05, 0.1) is 22.5 Å². The number of para-hydroxylation sites is 2. The number of benzene rings is 3. The Morgan fingerprint density at radius 1 is 0.844 bits per heavy atom. The first kappa shape index (κ1) is 21.3. The van der Waals surface area contributed by atoms with Crippen molar-refractivity contribution in [2.24, 2.45) is 0 Å². The van der Waals surface area contributed by atoms with E-state index in [4.69, 9.17) is 0 Å². The van der Waals surface area contributed by atoms with E-state index in [9.17, 15) is 14.4 Å². The van der Waals surface area contributed by atoms with E-state index in [1.807, 2.05) is 49.5 Å². The Bertz CT molecular complexity index is 1110. The smallest absolute Gasteiger partial charge is 0.261 e. The Hall–Kier alpha value is -3.93. The van der Waals surface area contributed by atoms with Crippen molar-refractivity contribution in [3.8, 4) is 0 Å². The van der Waals surface area contributed by atoms with Crippen LogP contribution in [0.4, 0.5) is 11.4 Å². The summed E-state index contributed by atoms with van der Waals surface area (Å²) in [6.07, 6.45) is 0.615. The number of carbonyl (C=O) groups excluding carboxylic acids is 3. The monoisotopic (exact) mass is 427 g/mol. The highest BCUT2D eigenvalue weighted by molar-refractivity contribution is 6.21. The summed E-state index contributed by atoms with van der Waals surface area (Å²) in [6, 6.07) is 24.6. The summed E-state index contributed by atoms with van der Waals surface area (Å²) in [5, 5.41) is 2.97. The van der Waals surface area contributed by atoms with Crippen molar-refractivity contribution >= 4 is 29.1 Å². The Morgan fingerprint density at radius 3 is 2.12 bits per heavy atom. The molecule has 0 aliphatic carbocycles. The first-order valence-corrected chi connectivity index (χ1v) is 10.6. The minimum atomic E-state index is -0.293. The molecule has 1 N–H and O–H groups in total. The van der Waals surface area contributed by atoms with E-state index in [2.05, 4.69) is 22.3 Å². The second-order valence-electron chi connectivity index (χ2n) is 7.82. The zero-order valence-electron chi connectivity index (χ0n) is 18.0. The van der Waals surface area contributed by atoms with Crippen LogP contribution in [0.1, 0.15) is 39.1 Å². The molecule has 162 valence electrons. The molecule has 1 aliphatic rings. The SMILES string of the molecule is CN(Cc1ccccc1)c1ccccc1NC(=O)CCCN1C(=O)c2ccccc2C1=O. The van der Waals surface area contributed by atoms with Crippen LogP contribution >= 0.6 is 0 Å². The molecule has 6 nitrogen and oxygen atoms in total. The van der Waals surface area contributed by atoms with Crippen LogP contribution in [0, 0.1) is 0 Å². The Kier molecular flexibility index (Phi) is 6.31. The van der Waals surface area contributed by atoms with Crippen molar-refractivity contribution in [1.29, 1.82) is 0 Å². The topological polar surface area (TPSA) is 69.7 Å². The Labute approximate surface area is 187 Å². The second kappa shape index (κ2) is 9.47. The lowest BCUT2D eigenvalue weighted by Gasteiger charge is -2.23. The average molecular weight is 428 g/mol. The standard InChI is InChI=1S/C26H25N3O3/c1-28(18-19-10-3-2-4-11-19)23-15-8-7-14-22(23)27-24(30)16-9-17-29-25(31)20-12-5-6-13-21(20)26(29)32/h2-8,10-15H,9,16-18H2,1H3,(H,27,30). The maximum atomic E-state index is 12.6. The Balaban J connectivity index is 1.33. The van der Waals surface area contributed by atoms with Gasteiger partial charge in [0.15, 0.2) is 0 Å². The van der Waals surface area contributed by atoms with Crippen molar-refractivity contribution in [2.75, 3.05) is 23.8 Å². The van der Waals surface area contributed by atoms with Crippen LogP contribution in [-0.2, 0) is 11.3 Å². The van der Waals surface area contributed by atoms with Gasteiger partial charge in [0.2, 0.25) is 5.91 Å². The molecule has 6 heteroatoms. The van der Waals surface area contributed by atoms with Crippen molar-refractivity contribution in [2.45, 2.75) is 19.4 Å². The lowest BCUT2D eigenvalue weighted by molar-refractivity contribution is -0.116. The number of nitrogens with one attached hydrogen (secondary N) is 1. The number of hydrogen-bond donors (Lipinski definition) is 1. The third-order valence-electron chi connectivity index (χ3n) is 5.52. The number of anilines is 2. The number of nitrogens with zero attached hydrogens (tertiary/aromatic N) is 2. The zero-order valence-corrected chi connectivity index (χ0v) is 18.0. The number of amides is 3. The van der Waals surface area contributed by atoms with Crippen LogP contribution in [0.15, 0.2) is 78.9 Å². The van der Waals surface area contributed by atoms with Crippen LogP contribution in [0.25, 0.3) is 0 Å². The molecule has 0 bridgehead atoms. The van der Waals surface area contributed by atoms with Gasteiger partial charge in [-0.15, -0.1) is 0 Å². The molecular formula is C26H25N3O3. The fourth-order valence-corrected chi connectivity index (χ4v) is 3.91. The molecule has 3 amide bonds. The molecule has 0 fully saturated rings. The number of rotatable bonds is 8. The highest BCUT2D eigenvalue weighted by Crippen LogP contribution is 2.26. The van der Waals surface area contributed by atoms with E-state index in [0.717, 1.165) is 11.4 Å². The molecule has 32 heavy (non-hydrogen) atoms. The Morgan fingerprint density at radius 2 is 1.44 bits per heavy atom. The van der Waals surface area contributed by atoms with Crippen LogP contribution in [0.2, 0.25) is 0 Å². The average Bonchev–Trinajstić information content (AvgIpc) is 3.05. The molecule has 1 aliphatic heterocycles. The molecule has 4 rings (SSSR count). The summed E-state index contributed by atoms with van der Waals surface area (Å²) in [7, 11) is 1.99. The minimum absolute atomic E-state index is 0.151. The van der Waals surface area contributed by atoms with E-state index < -0.39 is 0 Å². The molecule has 1 heterocycles. The van der Waals surface area contributed by atoms with Gasteiger partial charge in [0.1, 0.15) is 0 Å². The molecule has 3 aromatic carbocycles. The van der Waals surface area contributed by atoms with E-state index in [1.165, 1.54) is 10.5 Å². The predicted octanol–water partition coefficient (Wildman–Crippen LogP) is 4.34. The molecule has 0 saturated heterocycles. The van der Waals surface area contributed by atoms with Gasteiger partial charge in [-0.3, -0.25) is 19.3 Å². The number of imide groups is 1. The number of carbonyl (C=O) groups is 3. The fraction of sp³-hybridized carbons (Fsp3) is 0.192. The van der Waals surface area contributed by atoms with Gasteiger partial charge in [0, 0.05) is 26.6 Å². The van der Waals surface area contributed by atoms with Crippen LogP contribution in [-0.4, -0.2) is 36.2 Å². The predicted molar refractivity (Wildman–Crippen MR) is 125 cm³/mol. The molecule has 3 aromatic rings. The maximum Gasteiger partial charge on any atom is 0.261 e. The van der Waals surface area contributed by atoms with Gasteiger partial charge in [-0.05, 0) is 36.2 Å². The van der Waals surface area contributed by atoms with Gasteiger partial charge < -0.3 is 10.2 Å². The maximum absolute atomic E-state index is 12.6. The summed E-state index contributed by atoms with van der Waals surface area (Å²) < 4.78 is 0. The lowest BCUT2D eigenvalue weighted by Crippen LogP contribution is -2.31. The minimum Gasteiger partial charge on any atom is -0.369 e. The summed E-state index contributed by atoms with van der Waals surface area (Å²) in [5.74, 6) is -0.736. The quantitative estimate of drug-likeness (QED) is 0.543. The van der Waals surface area contributed by atoms with Crippen molar-refractivity contribution < 1.29 is 14.4 Å². The van der Waals surface area contributed by atoms with E-state index in [0.29, 0.717) is 24.1 Å². The van der Waals surface area contributed by atoms with Crippen molar-refractivity contribution in [3.05, 3.63) is 95.6 Å². The molecule has 0 atom stereocenters. The van der Waals surface area contributed by atoms with Crippen molar-refractivity contribution in [3.63, 3.8) is 0 Å². The highest BCUT2D eigenvalue weighted by atomic mass is 16.2. The first-order valence-electron chi connectivity index (χ1n) is 10.6. The molecule has 0 aromatic heterocycles. The second-order valence-corrected chi connectivity index (χ2v) is 7.82. The van der Waals surface area contributed by atoms with Gasteiger partial charge in [-0.2, -0.15) is 0 Å². The van der Waals surface area contributed by atoms with Gasteiger partial charge in [-0.1, -0.05) is 54.6 Å². The molecule has 0 saturated carbocycles. The number of hydrogen-bond acceptors (Lipinski definition) is 4. The van der Waals surface area contributed by atoms with Crippen LogP contribution < -0.4 is 10.2 Å². The van der Waals surface area contributed by atoms with Crippen molar-refractivity contribution in [1.82, 2.24) is 4.90 Å². The van der Waals surface area contributed by atoms with E-state index in [1.54, 1.807) is 24.3 Å². The summed E-state index contributed by atoms with van der Waals surface area (Å²) >= 11 is 0. The van der Waals surface area contributed by atoms with Crippen LogP contribution in [0.3, 0.4) is 0 Å². The summed E-state index contributed by atoms with van der Waals surface area (Å²) in [5.41, 5.74) is 3.69. The molecular weight excluding hydrogens is 402 g/mol. The van der Waals surface area contributed by atoms with Crippen LogP contribution in [0.5, 0.6) is 0 Å². The first-order chi connectivity index (χ1) is 15.5. The zero-order chi connectivity index (χ0) is 22.5. The normalized spacial score (nSPS) is 12.6. The highest BCUT2D eigenvalue weighted by Gasteiger charge is 2.34. The van der Waals surface area contributed by atoms with Gasteiger partial charge in [-0.25, -0.2) is 0 Å². The lowest BCUT2D eigenvalue weighted by atomic mass is 10.1. The molecule has 0 spiro atoms. The van der Waals surface area contributed by atoms with E-state index in [-0.39, 0.29) is 30.7 Å². The van der Waals surface area contributed by atoms with E-state index >= 15 is 0 Å². The summed E-state index contributed by atoms with van der Waals surface area (Å²) in [4.78, 5) is 40.8. The largest absolute Gasteiger partial charge is 0.369 e. The molecule has 0 unspecified atom stereocenters. The third-order valence-corrected chi connectivity index (χ3v) is 5.52. The fourth-order valence-electron chi connectivity index (χ4n) is 3.91. The molecule has 0 radical (unpaired) electrons. The third kappa shape index (κ3) is 4.54. The van der Waals surface area contributed by atoms with Gasteiger partial charge >= 0.3 is 0 Å². The number of fused-ring (bicyclic) bond motifs is 1. The van der Waals surface area contributed by atoms with Gasteiger partial charge in [0.25, 0.3) is 11.8 Å². The summed E-state index contributed by atoms with van der Waals surface area (Å²) in [6.45, 7) is 0.933.